The molecule has 2 rings (SSSR count). The average Bonchev–Trinajstić information content (AvgIpc) is 2.65. The van der Waals surface area contributed by atoms with E-state index in [1.807, 2.05) is 12.1 Å². The summed E-state index contributed by atoms with van der Waals surface area (Å²) in [5.41, 5.74) is 1.10. The second kappa shape index (κ2) is 8.31. The van der Waals surface area contributed by atoms with E-state index in [4.69, 9.17) is 10.00 Å². The van der Waals surface area contributed by atoms with Crippen LogP contribution in [0.25, 0.3) is 0 Å². The zero-order valence-electron chi connectivity index (χ0n) is 15.7. The van der Waals surface area contributed by atoms with Gasteiger partial charge in [-0.25, -0.2) is 4.79 Å². The Morgan fingerprint density at radius 1 is 1.18 bits per heavy atom. The van der Waals surface area contributed by atoms with Crippen LogP contribution < -0.4 is 5.32 Å². The van der Waals surface area contributed by atoms with E-state index in [2.05, 4.69) is 26.1 Å². The van der Waals surface area contributed by atoms with Crippen LogP contribution in [0.15, 0.2) is 42.5 Å². The van der Waals surface area contributed by atoms with Crippen molar-refractivity contribution < 1.29 is 19.2 Å². The number of benzene rings is 2. The topological polar surface area (TPSA) is 122 Å². The van der Waals surface area contributed by atoms with Crippen LogP contribution in [-0.2, 0) is 14.9 Å². The fourth-order valence-corrected chi connectivity index (χ4v) is 2.35. The van der Waals surface area contributed by atoms with Crippen LogP contribution in [0.3, 0.4) is 0 Å². The van der Waals surface area contributed by atoms with Crippen LogP contribution in [-0.4, -0.2) is 23.4 Å². The molecule has 2 aromatic rings. The zero-order chi connectivity index (χ0) is 20.9. The van der Waals surface area contributed by atoms with Crippen molar-refractivity contribution in [3.8, 4) is 6.07 Å². The van der Waals surface area contributed by atoms with Crippen molar-refractivity contribution in [1.82, 2.24) is 0 Å². The lowest BCUT2D eigenvalue weighted by Crippen LogP contribution is -2.21. The number of anilines is 1. The maximum Gasteiger partial charge on any atom is 0.338 e. The third-order valence-corrected chi connectivity index (χ3v) is 3.93. The molecule has 2 aromatic carbocycles. The predicted molar refractivity (Wildman–Crippen MR) is 102 cm³/mol. The lowest BCUT2D eigenvalue weighted by molar-refractivity contribution is -0.384. The molecule has 0 spiro atoms. The van der Waals surface area contributed by atoms with Gasteiger partial charge in [0.15, 0.2) is 6.61 Å². The Hall–Kier alpha value is -3.73. The molecule has 8 heteroatoms. The maximum absolute atomic E-state index is 12.1. The standard InChI is InChI=1S/C20H19N3O5/c1-20(2,3)15-6-4-13(5-7-15)19(25)28-12-18(24)22-17-9-8-16(23(26)27)10-14(17)11-21/h4-10H,12H2,1-3H3,(H,22,24). The first-order valence-electron chi connectivity index (χ1n) is 8.38. The molecular formula is C20H19N3O5. The molecule has 0 unspecified atom stereocenters. The molecular weight excluding hydrogens is 362 g/mol. The fraction of sp³-hybridized carbons (Fsp3) is 0.250. The summed E-state index contributed by atoms with van der Waals surface area (Å²) in [6.45, 7) is 5.61. The Morgan fingerprint density at radius 2 is 1.82 bits per heavy atom. The molecule has 0 saturated carbocycles. The largest absolute Gasteiger partial charge is 0.452 e. The third kappa shape index (κ3) is 5.14. The molecule has 144 valence electrons. The van der Waals surface area contributed by atoms with Gasteiger partial charge >= 0.3 is 5.97 Å². The fourth-order valence-electron chi connectivity index (χ4n) is 2.35. The van der Waals surface area contributed by atoms with Crippen LogP contribution >= 0.6 is 0 Å². The van der Waals surface area contributed by atoms with Crippen LogP contribution in [0.5, 0.6) is 0 Å². The molecule has 28 heavy (non-hydrogen) atoms. The van der Waals surface area contributed by atoms with Crippen molar-refractivity contribution in [2.24, 2.45) is 0 Å². The van der Waals surface area contributed by atoms with E-state index in [0.717, 1.165) is 11.6 Å². The first-order valence-corrected chi connectivity index (χ1v) is 8.38. The van der Waals surface area contributed by atoms with Gasteiger partial charge < -0.3 is 10.1 Å². The number of nitriles is 1. The summed E-state index contributed by atoms with van der Waals surface area (Å²) in [7, 11) is 0. The number of carbonyl (C=O) groups is 2. The molecule has 0 radical (unpaired) electrons. The van der Waals surface area contributed by atoms with Gasteiger partial charge in [0.1, 0.15) is 6.07 Å². The van der Waals surface area contributed by atoms with Gasteiger partial charge in [-0.05, 0) is 29.2 Å². The highest BCUT2D eigenvalue weighted by Crippen LogP contribution is 2.23. The number of nitrogens with one attached hydrogen (secondary N) is 1. The Balaban J connectivity index is 1.98. The summed E-state index contributed by atoms with van der Waals surface area (Å²) in [6, 6.07) is 12.2. The number of esters is 1. The first kappa shape index (κ1) is 20.6. The molecule has 0 aliphatic rings. The van der Waals surface area contributed by atoms with Gasteiger partial charge in [-0.3, -0.25) is 14.9 Å². The molecule has 0 bridgehead atoms. The van der Waals surface area contributed by atoms with E-state index in [0.29, 0.717) is 5.56 Å². The molecule has 0 aromatic heterocycles. The highest BCUT2D eigenvalue weighted by Gasteiger charge is 2.16. The van der Waals surface area contributed by atoms with Gasteiger partial charge in [0.2, 0.25) is 0 Å². The first-order chi connectivity index (χ1) is 13.1. The normalized spacial score (nSPS) is 10.6. The van der Waals surface area contributed by atoms with Crippen molar-refractivity contribution >= 4 is 23.3 Å². The van der Waals surface area contributed by atoms with Gasteiger partial charge in [0, 0.05) is 12.1 Å². The van der Waals surface area contributed by atoms with Crippen molar-refractivity contribution in [2.75, 3.05) is 11.9 Å². The number of non-ortho nitro benzene ring substituents is 1. The van der Waals surface area contributed by atoms with Gasteiger partial charge in [-0.2, -0.15) is 5.26 Å². The minimum absolute atomic E-state index is 0.0501. The minimum Gasteiger partial charge on any atom is -0.452 e. The summed E-state index contributed by atoms with van der Waals surface area (Å²) >= 11 is 0. The van der Waals surface area contributed by atoms with Gasteiger partial charge in [0.25, 0.3) is 11.6 Å². The SMILES string of the molecule is CC(C)(C)c1ccc(C(=O)OCC(=O)Nc2ccc([N+](=O)[O-])cc2C#N)cc1. The van der Waals surface area contributed by atoms with Crippen molar-refractivity contribution in [3.05, 3.63) is 69.3 Å². The second-order valence-electron chi connectivity index (χ2n) is 7.05. The van der Waals surface area contributed by atoms with E-state index in [-0.39, 0.29) is 22.4 Å². The van der Waals surface area contributed by atoms with Crippen LogP contribution in [0.1, 0.15) is 42.3 Å². The van der Waals surface area contributed by atoms with Crippen molar-refractivity contribution in [3.63, 3.8) is 0 Å². The maximum atomic E-state index is 12.1. The Kier molecular flexibility index (Phi) is 6.11. The molecule has 0 heterocycles. The second-order valence-corrected chi connectivity index (χ2v) is 7.05. The zero-order valence-corrected chi connectivity index (χ0v) is 15.7. The summed E-state index contributed by atoms with van der Waals surface area (Å²) < 4.78 is 4.98. The molecule has 0 atom stereocenters. The monoisotopic (exact) mass is 381 g/mol. The van der Waals surface area contributed by atoms with Gasteiger partial charge in [0.05, 0.1) is 21.7 Å². The number of hydrogen-bond acceptors (Lipinski definition) is 6. The van der Waals surface area contributed by atoms with Gasteiger partial charge in [-0.15, -0.1) is 0 Å². The number of nitro benzene ring substituents is 1. The lowest BCUT2D eigenvalue weighted by Gasteiger charge is -2.18. The lowest BCUT2D eigenvalue weighted by atomic mass is 9.87. The van der Waals surface area contributed by atoms with Crippen LogP contribution in [0.2, 0.25) is 0 Å². The summed E-state index contributed by atoms with van der Waals surface area (Å²) in [5, 5.41) is 22.2. The van der Waals surface area contributed by atoms with Crippen molar-refractivity contribution in [1.29, 1.82) is 5.26 Å². The van der Waals surface area contributed by atoms with Crippen LogP contribution in [0, 0.1) is 21.4 Å². The van der Waals surface area contributed by atoms with E-state index >= 15 is 0 Å². The van der Waals surface area contributed by atoms with E-state index in [1.165, 1.54) is 12.1 Å². The van der Waals surface area contributed by atoms with Gasteiger partial charge in [-0.1, -0.05) is 32.9 Å². The number of nitrogens with zero attached hydrogens (tertiary/aromatic N) is 2. The molecule has 0 saturated heterocycles. The highest BCUT2D eigenvalue weighted by molar-refractivity contribution is 5.96. The summed E-state index contributed by atoms with van der Waals surface area (Å²) in [6.07, 6.45) is 0. The number of hydrogen-bond donors (Lipinski definition) is 1. The smallest absolute Gasteiger partial charge is 0.338 e. The van der Waals surface area contributed by atoms with E-state index in [9.17, 15) is 19.7 Å². The van der Waals surface area contributed by atoms with E-state index in [1.54, 1.807) is 18.2 Å². The molecule has 1 amide bonds. The number of amides is 1. The molecule has 0 fully saturated rings. The quantitative estimate of drug-likeness (QED) is 0.480. The highest BCUT2D eigenvalue weighted by atomic mass is 16.6. The molecule has 1 N–H and O–H groups in total. The number of nitro groups is 1. The Labute approximate surface area is 161 Å². The van der Waals surface area contributed by atoms with E-state index < -0.39 is 23.4 Å². The predicted octanol–water partition coefficient (Wildman–Crippen LogP) is 3.56. The number of ether oxygens (including phenoxy) is 1. The average molecular weight is 381 g/mol. The third-order valence-electron chi connectivity index (χ3n) is 3.93. The molecule has 0 aliphatic carbocycles. The Bertz CT molecular complexity index is 953. The Morgan fingerprint density at radius 3 is 2.36 bits per heavy atom. The number of rotatable bonds is 5. The molecule has 8 nitrogen and oxygen atoms in total. The molecule has 0 aliphatic heterocycles. The summed E-state index contributed by atoms with van der Waals surface area (Å²) in [5.74, 6) is -1.31. The number of carbonyl (C=O) groups excluding carboxylic acids is 2. The minimum atomic E-state index is -0.662. The summed E-state index contributed by atoms with van der Waals surface area (Å²) in [4.78, 5) is 34.2. The van der Waals surface area contributed by atoms with Crippen LogP contribution in [0.4, 0.5) is 11.4 Å². The van der Waals surface area contributed by atoms with Crippen molar-refractivity contribution in [2.45, 2.75) is 26.2 Å².